The van der Waals surface area contributed by atoms with Crippen LogP contribution in [0, 0.1) is 0 Å². The molecule has 0 saturated carbocycles. The van der Waals surface area contributed by atoms with Crippen molar-refractivity contribution in [3.63, 3.8) is 0 Å². The molecule has 3 N–H and O–H groups in total. The molecule has 6 rings (SSSR count). The van der Waals surface area contributed by atoms with Crippen molar-refractivity contribution >= 4 is 17.6 Å². The molecule has 0 aliphatic carbocycles. The van der Waals surface area contributed by atoms with E-state index in [1.807, 2.05) is 6.07 Å². The highest BCUT2D eigenvalue weighted by atomic mass is 35.5. The van der Waals surface area contributed by atoms with Gasteiger partial charge in [-0.15, -0.1) is 5.10 Å². The number of nitrogens with one attached hydrogen (secondary N) is 1. The Kier molecular flexibility index (Phi) is 9.61. The number of carboxylic acids is 1. The summed E-state index contributed by atoms with van der Waals surface area (Å²) in [7, 11) is 0. The van der Waals surface area contributed by atoms with Gasteiger partial charge in [0.1, 0.15) is 44.0 Å². The van der Waals surface area contributed by atoms with Crippen molar-refractivity contribution in [2.75, 3.05) is 19.8 Å². The number of hydrogen-bond acceptors (Lipinski definition) is 11. The first-order chi connectivity index (χ1) is 22.9. The Bertz CT molecular complexity index is 1930. The number of halogens is 1. The number of rotatable bonds is 13. The predicted octanol–water partition coefficient (Wildman–Crippen LogP) is 2.93. The van der Waals surface area contributed by atoms with Crippen molar-refractivity contribution in [3.05, 3.63) is 112 Å². The fourth-order valence-electron chi connectivity index (χ4n) is 4.80. The highest BCUT2D eigenvalue weighted by Gasteiger charge is 2.19. The molecule has 1 atom stereocenters. The predicted molar refractivity (Wildman–Crippen MR) is 168 cm³/mol. The van der Waals surface area contributed by atoms with Crippen LogP contribution in [0.15, 0.2) is 84.3 Å². The minimum Gasteiger partial charge on any atom is -0.488 e. The van der Waals surface area contributed by atoms with Crippen LogP contribution in [-0.4, -0.2) is 66.6 Å². The largest absolute Gasteiger partial charge is 0.488 e. The summed E-state index contributed by atoms with van der Waals surface area (Å²) in [5.41, 5.74) is 2.61. The summed E-state index contributed by atoms with van der Waals surface area (Å²) in [6.07, 6.45) is 8.17. The Morgan fingerprint density at radius 3 is 2.60 bits per heavy atom. The molecule has 3 aromatic heterocycles. The van der Waals surface area contributed by atoms with Gasteiger partial charge in [0.25, 0.3) is 5.56 Å². The SMILES string of the molecule is O=C(O)C(CO)NCc1cc(Cl)c(OCc2cccn(-c3ccc4c(c3)OCCO4)c2=O)cc1OCc1cncc(-n2ccnn2)c1. The van der Waals surface area contributed by atoms with Crippen LogP contribution in [0.5, 0.6) is 23.0 Å². The second-order valence-corrected chi connectivity index (χ2v) is 10.8. The second kappa shape index (κ2) is 14.3. The van der Waals surface area contributed by atoms with Crippen LogP contribution in [0.3, 0.4) is 0 Å². The van der Waals surface area contributed by atoms with Crippen LogP contribution in [0.4, 0.5) is 0 Å². The van der Waals surface area contributed by atoms with E-state index in [2.05, 4.69) is 20.6 Å². The molecule has 1 aliphatic heterocycles. The van der Waals surface area contributed by atoms with Crippen LogP contribution in [0.25, 0.3) is 11.4 Å². The third kappa shape index (κ3) is 7.35. The van der Waals surface area contributed by atoms with E-state index >= 15 is 0 Å². The highest BCUT2D eigenvalue weighted by molar-refractivity contribution is 6.32. The van der Waals surface area contributed by atoms with E-state index in [0.717, 1.165) is 5.56 Å². The van der Waals surface area contributed by atoms with Crippen molar-refractivity contribution in [2.45, 2.75) is 25.8 Å². The minimum atomic E-state index is -1.21. The fraction of sp³-hybridized carbons (Fsp3) is 0.219. The normalized spacial score (nSPS) is 12.8. The number of hydrogen-bond donors (Lipinski definition) is 3. The number of carboxylic acid groups (broad SMARTS) is 1. The van der Waals surface area contributed by atoms with E-state index in [1.165, 1.54) is 4.57 Å². The molecule has 0 fully saturated rings. The first-order valence-electron chi connectivity index (χ1n) is 14.5. The Morgan fingerprint density at radius 1 is 0.979 bits per heavy atom. The molecule has 4 heterocycles. The maximum atomic E-state index is 13.4. The molecule has 1 unspecified atom stereocenters. The molecule has 0 radical (unpaired) electrons. The number of aliphatic hydroxyl groups excluding tert-OH is 1. The number of fused-ring (bicyclic) bond motifs is 1. The summed E-state index contributed by atoms with van der Waals surface area (Å²) >= 11 is 6.60. The molecule has 0 bridgehead atoms. The molecule has 1 aliphatic rings. The first-order valence-corrected chi connectivity index (χ1v) is 14.8. The summed E-state index contributed by atoms with van der Waals surface area (Å²) in [4.78, 5) is 29.1. The second-order valence-electron chi connectivity index (χ2n) is 10.4. The molecule has 242 valence electrons. The molecule has 0 spiro atoms. The monoisotopic (exact) mass is 660 g/mol. The van der Waals surface area contributed by atoms with Crippen molar-refractivity contribution in [3.8, 4) is 34.4 Å². The van der Waals surface area contributed by atoms with Crippen LogP contribution in [-0.2, 0) is 24.6 Å². The average Bonchev–Trinajstić information content (AvgIpc) is 3.63. The fourth-order valence-corrected chi connectivity index (χ4v) is 5.04. The molecule has 0 saturated heterocycles. The van der Waals surface area contributed by atoms with E-state index < -0.39 is 18.6 Å². The van der Waals surface area contributed by atoms with Crippen molar-refractivity contribution < 1.29 is 34.0 Å². The summed E-state index contributed by atoms with van der Waals surface area (Å²) in [5, 5.41) is 29.6. The van der Waals surface area contributed by atoms with Gasteiger partial charge < -0.3 is 29.2 Å². The van der Waals surface area contributed by atoms with E-state index in [1.54, 1.807) is 78.1 Å². The van der Waals surface area contributed by atoms with Gasteiger partial charge in [0.15, 0.2) is 11.5 Å². The van der Waals surface area contributed by atoms with Gasteiger partial charge in [0, 0.05) is 42.2 Å². The lowest BCUT2D eigenvalue weighted by atomic mass is 10.1. The van der Waals surface area contributed by atoms with E-state index in [4.69, 9.17) is 30.5 Å². The van der Waals surface area contributed by atoms with E-state index in [-0.39, 0.29) is 36.1 Å². The number of carbonyl (C=O) groups is 1. The number of aliphatic hydroxyl groups is 1. The Labute approximate surface area is 272 Å². The zero-order valence-electron chi connectivity index (χ0n) is 24.8. The molecule has 2 aromatic carbocycles. The van der Waals surface area contributed by atoms with Crippen LogP contribution < -0.4 is 29.8 Å². The van der Waals surface area contributed by atoms with Gasteiger partial charge in [-0.3, -0.25) is 24.5 Å². The quantitative estimate of drug-likeness (QED) is 0.169. The number of nitrogens with zero attached hydrogens (tertiary/aromatic N) is 5. The standard InChI is InChI=1S/C32H29ClN6O8/c33-25-11-22(15-35-26(17-40)32(42)43)28(46-18-20-10-24(16-34-14-20)39-7-5-36-37-39)13-29(25)47-19-21-2-1-6-38(31(21)41)23-3-4-27-30(12-23)45-9-8-44-27/h1-7,10-14,16,26,35,40H,8-9,15,17-19H2,(H,42,43). The van der Waals surface area contributed by atoms with Crippen LogP contribution >= 0.6 is 11.6 Å². The Hall–Kier alpha value is -5.44. The molecule has 47 heavy (non-hydrogen) atoms. The molecular formula is C32H29ClN6O8. The van der Waals surface area contributed by atoms with Gasteiger partial charge in [-0.2, -0.15) is 0 Å². The van der Waals surface area contributed by atoms with E-state index in [0.29, 0.717) is 53.0 Å². The summed E-state index contributed by atoms with van der Waals surface area (Å²) in [6, 6.07) is 12.5. The summed E-state index contributed by atoms with van der Waals surface area (Å²) < 4.78 is 26.5. The van der Waals surface area contributed by atoms with Gasteiger partial charge in [-0.05, 0) is 36.4 Å². The zero-order valence-corrected chi connectivity index (χ0v) is 25.5. The average molecular weight is 661 g/mol. The smallest absolute Gasteiger partial charge is 0.323 e. The lowest BCUT2D eigenvalue weighted by molar-refractivity contribution is -0.140. The van der Waals surface area contributed by atoms with Gasteiger partial charge in [0.2, 0.25) is 0 Å². The number of aliphatic carboxylic acids is 1. The maximum absolute atomic E-state index is 13.4. The molecular weight excluding hydrogens is 632 g/mol. The summed E-state index contributed by atoms with van der Waals surface area (Å²) in [6.45, 7) is 0.284. The van der Waals surface area contributed by atoms with Gasteiger partial charge >= 0.3 is 5.97 Å². The molecule has 15 heteroatoms. The topological polar surface area (TPSA) is 172 Å². The maximum Gasteiger partial charge on any atom is 0.323 e. The minimum absolute atomic E-state index is 0.0169. The number of benzene rings is 2. The third-order valence-corrected chi connectivity index (χ3v) is 7.50. The molecule has 0 amide bonds. The number of ether oxygens (including phenoxy) is 4. The lowest BCUT2D eigenvalue weighted by Crippen LogP contribution is -2.39. The highest BCUT2D eigenvalue weighted by Crippen LogP contribution is 2.34. The van der Waals surface area contributed by atoms with Crippen molar-refractivity contribution in [2.24, 2.45) is 0 Å². The lowest BCUT2D eigenvalue weighted by Gasteiger charge is -2.19. The number of aromatic nitrogens is 5. The summed E-state index contributed by atoms with van der Waals surface area (Å²) in [5.74, 6) is 0.554. The van der Waals surface area contributed by atoms with Gasteiger partial charge in [0.05, 0.1) is 47.2 Å². The third-order valence-electron chi connectivity index (χ3n) is 7.21. The van der Waals surface area contributed by atoms with Gasteiger partial charge in [-0.25, -0.2) is 4.68 Å². The van der Waals surface area contributed by atoms with Crippen LogP contribution in [0.2, 0.25) is 5.02 Å². The Morgan fingerprint density at radius 2 is 1.81 bits per heavy atom. The molecule has 14 nitrogen and oxygen atoms in total. The van der Waals surface area contributed by atoms with E-state index in [9.17, 15) is 19.8 Å². The van der Waals surface area contributed by atoms with Gasteiger partial charge in [-0.1, -0.05) is 16.8 Å². The zero-order chi connectivity index (χ0) is 32.8. The number of pyridine rings is 2. The van der Waals surface area contributed by atoms with Crippen LogP contribution in [0.1, 0.15) is 16.7 Å². The Balaban J connectivity index is 1.23. The van der Waals surface area contributed by atoms with Crippen molar-refractivity contribution in [1.82, 2.24) is 29.9 Å². The first kappa shape index (κ1) is 31.5. The molecule has 5 aromatic rings. The van der Waals surface area contributed by atoms with Crippen molar-refractivity contribution in [1.29, 1.82) is 0 Å².